The molecule has 1 amide bonds. The molecule has 0 radical (unpaired) electrons. The molecule has 116 valence electrons. The number of aromatic nitrogens is 3. The van der Waals surface area contributed by atoms with Crippen molar-refractivity contribution in [3.05, 3.63) is 48.2 Å². The van der Waals surface area contributed by atoms with Crippen LogP contribution in [-0.2, 0) is 11.3 Å². The molecule has 0 aliphatic heterocycles. The third kappa shape index (κ3) is 5.10. The van der Waals surface area contributed by atoms with Gasteiger partial charge in [-0.25, -0.2) is 9.97 Å². The highest BCUT2D eigenvalue weighted by molar-refractivity contribution is 5.91. The van der Waals surface area contributed by atoms with Crippen molar-refractivity contribution in [2.24, 2.45) is 0 Å². The molecule has 0 aromatic carbocycles. The second-order valence-electron chi connectivity index (χ2n) is 4.60. The highest BCUT2D eigenvalue weighted by atomic mass is 16.5. The lowest BCUT2D eigenvalue weighted by Gasteiger charge is -2.06. The number of hydrogen-bond donors (Lipinski definition) is 2. The van der Waals surface area contributed by atoms with Gasteiger partial charge in [0.25, 0.3) is 5.91 Å². The number of ether oxygens (including phenoxy) is 1. The maximum atomic E-state index is 11.8. The van der Waals surface area contributed by atoms with Crippen molar-refractivity contribution in [2.75, 3.05) is 25.6 Å². The maximum absolute atomic E-state index is 11.8. The molecule has 2 N–H and O–H groups in total. The van der Waals surface area contributed by atoms with Crippen molar-refractivity contribution >= 4 is 11.7 Å². The van der Waals surface area contributed by atoms with Crippen LogP contribution in [0, 0.1) is 0 Å². The van der Waals surface area contributed by atoms with Crippen LogP contribution in [0.25, 0.3) is 0 Å². The van der Waals surface area contributed by atoms with Crippen molar-refractivity contribution in [3.63, 3.8) is 0 Å². The number of amides is 1. The highest BCUT2D eigenvalue weighted by Gasteiger charge is 2.07. The van der Waals surface area contributed by atoms with E-state index in [0.29, 0.717) is 31.2 Å². The first-order valence-corrected chi connectivity index (χ1v) is 7.01. The number of anilines is 1. The molecular formula is C15H19N5O2. The Morgan fingerprint density at radius 1 is 1.23 bits per heavy atom. The van der Waals surface area contributed by atoms with Crippen LogP contribution in [-0.4, -0.2) is 41.1 Å². The first-order valence-electron chi connectivity index (χ1n) is 7.01. The van der Waals surface area contributed by atoms with Gasteiger partial charge in [-0.2, -0.15) is 0 Å². The van der Waals surface area contributed by atoms with Crippen molar-refractivity contribution in [1.82, 2.24) is 20.3 Å². The Labute approximate surface area is 129 Å². The van der Waals surface area contributed by atoms with Gasteiger partial charge in [-0.1, -0.05) is 0 Å². The number of carbonyl (C=O) groups is 1. The Morgan fingerprint density at radius 3 is 2.73 bits per heavy atom. The second-order valence-corrected chi connectivity index (χ2v) is 4.60. The van der Waals surface area contributed by atoms with E-state index in [-0.39, 0.29) is 5.91 Å². The number of nitrogens with one attached hydrogen (secondary N) is 2. The quantitative estimate of drug-likeness (QED) is 0.713. The zero-order valence-corrected chi connectivity index (χ0v) is 12.5. The molecule has 0 saturated carbocycles. The lowest BCUT2D eigenvalue weighted by molar-refractivity contribution is 0.0943. The summed E-state index contributed by atoms with van der Waals surface area (Å²) in [6, 6.07) is 3.84. The monoisotopic (exact) mass is 301 g/mol. The van der Waals surface area contributed by atoms with Crippen LogP contribution in [0.3, 0.4) is 0 Å². The average Bonchev–Trinajstić information content (AvgIpc) is 2.58. The number of rotatable bonds is 8. The molecule has 0 aliphatic rings. The minimum absolute atomic E-state index is 0.232. The first kappa shape index (κ1) is 15.8. The molecule has 7 nitrogen and oxygen atoms in total. The third-order valence-electron chi connectivity index (χ3n) is 2.92. The summed E-state index contributed by atoms with van der Waals surface area (Å²) in [5.41, 5.74) is 1.39. The van der Waals surface area contributed by atoms with Crippen molar-refractivity contribution in [1.29, 1.82) is 0 Å². The summed E-state index contributed by atoms with van der Waals surface area (Å²) in [6.07, 6.45) is 7.24. The summed E-state index contributed by atoms with van der Waals surface area (Å²) in [5, 5.41) is 5.90. The Kier molecular flexibility index (Phi) is 6.25. The molecule has 2 aromatic rings. The molecular weight excluding hydrogens is 282 g/mol. The molecule has 2 heterocycles. The fourth-order valence-corrected chi connectivity index (χ4v) is 1.74. The van der Waals surface area contributed by atoms with Gasteiger partial charge in [0.15, 0.2) is 0 Å². The standard InChI is InChI=1S/C15H19N5O2/c1-22-8-2-5-17-15(21)13-10-20-14(11-18-13)19-9-12-3-6-16-7-4-12/h3-4,6-7,10-11H,2,5,8-9H2,1H3,(H,17,21)(H,19,20). The summed E-state index contributed by atoms with van der Waals surface area (Å²) < 4.78 is 4.92. The minimum atomic E-state index is -0.232. The summed E-state index contributed by atoms with van der Waals surface area (Å²) >= 11 is 0. The van der Waals surface area contributed by atoms with Gasteiger partial charge in [-0.3, -0.25) is 9.78 Å². The lowest BCUT2D eigenvalue weighted by Crippen LogP contribution is -2.26. The molecule has 0 spiro atoms. The van der Waals surface area contributed by atoms with E-state index in [1.165, 1.54) is 6.20 Å². The molecule has 0 unspecified atom stereocenters. The molecule has 0 saturated heterocycles. The van der Waals surface area contributed by atoms with E-state index >= 15 is 0 Å². The number of methoxy groups -OCH3 is 1. The second kappa shape index (κ2) is 8.68. The van der Waals surface area contributed by atoms with Crippen molar-refractivity contribution < 1.29 is 9.53 Å². The van der Waals surface area contributed by atoms with Crippen molar-refractivity contribution in [2.45, 2.75) is 13.0 Å². The van der Waals surface area contributed by atoms with Crippen LogP contribution >= 0.6 is 0 Å². The largest absolute Gasteiger partial charge is 0.385 e. The fraction of sp³-hybridized carbons (Fsp3) is 0.333. The Morgan fingerprint density at radius 2 is 2.05 bits per heavy atom. The number of hydrogen-bond acceptors (Lipinski definition) is 6. The summed E-state index contributed by atoms with van der Waals surface area (Å²) in [5.74, 6) is 0.386. The molecule has 22 heavy (non-hydrogen) atoms. The average molecular weight is 301 g/mol. The van der Waals surface area contributed by atoms with Crippen LogP contribution in [0.15, 0.2) is 36.9 Å². The molecule has 2 rings (SSSR count). The number of nitrogens with zero attached hydrogens (tertiary/aromatic N) is 3. The van der Waals surface area contributed by atoms with E-state index in [2.05, 4.69) is 25.6 Å². The van der Waals surface area contributed by atoms with E-state index in [1.807, 2.05) is 12.1 Å². The molecule has 0 bridgehead atoms. The maximum Gasteiger partial charge on any atom is 0.271 e. The SMILES string of the molecule is COCCCNC(=O)c1cnc(NCc2ccncc2)cn1. The van der Waals surface area contributed by atoms with E-state index in [1.54, 1.807) is 25.7 Å². The van der Waals surface area contributed by atoms with E-state index in [4.69, 9.17) is 4.74 Å². The smallest absolute Gasteiger partial charge is 0.271 e. The van der Waals surface area contributed by atoms with Crippen LogP contribution in [0.4, 0.5) is 5.82 Å². The van der Waals surface area contributed by atoms with E-state index < -0.39 is 0 Å². The van der Waals surface area contributed by atoms with Gasteiger partial charge in [0.05, 0.1) is 12.4 Å². The first-order chi connectivity index (χ1) is 10.8. The molecule has 0 atom stereocenters. The van der Waals surface area contributed by atoms with Crippen LogP contribution in [0.1, 0.15) is 22.5 Å². The van der Waals surface area contributed by atoms with Crippen LogP contribution in [0.5, 0.6) is 0 Å². The van der Waals surface area contributed by atoms with Gasteiger partial charge in [0, 0.05) is 39.2 Å². The zero-order chi connectivity index (χ0) is 15.6. The van der Waals surface area contributed by atoms with E-state index in [0.717, 1.165) is 12.0 Å². The minimum Gasteiger partial charge on any atom is -0.385 e. The summed E-state index contributed by atoms with van der Waals surface area (Å²) in [6.45, 7) is 1.79. The summed E-state index contributed by atoms with van der Waals surface area (Å²) in [4.78, 5) is 24.1. The molecule has 7 heteroatoms. The van der Waals surface area contributed by atoms with Gasteiger partial charge in [-0.15, -0.1) is 0 Å². The molecule has 0 fully saturated rings. The zero-order valence-electron chi connectivity index (χ0n) is 12.5. The van der Waals surface area contributed by atoms with Gasteiger partial charge < -0.3 is 15.4 Å². The number of pyridine rings is 1. The predicted molar refractivity (Wildman–Crippen MR) is 82.4 cm³/mol. The van der Waals surface area contributed by atoms with Gasteiger partial charge in [-0.05, 0) is 24.1 Å². The fourth-order valence-electron chi connectivity index (χ4n) is 1.74. The van der Waals surface area contributed by atoms with Crippen LogP contribution in [0.2, 0.25) is 0 Å². The normalized spacial score (nSPS) is 10.2. The Balaban J connectivity index is 1.81. The lowest BCUT2D eigenvalue weighted by atomic mass is 10.3. The third-order valence-corrected chi connectivity index (χ3v) is 2.92. The van der Waals surface area contributed by atoms with Gasteiger partial charge >= 0.3 is 0 Å². The predicted octanol–water partition coefficient (Wildman–Crippen LogP) is 1.25. The summed E-state index contributed by atoms with van der Waals surface area (Å²) in [7, 11) is 1.63. The van der Waals surface area contributed by atoms with Crippen molar-refractivity contribution in [3.8, 4) is 0 Å². The number of carbonyl (C=O) groups excluding carboxylic acids is 1. The van der Waals surface area contributed by atoms with Gasteiger partial charge in [0.2, 0.25) is 0 Å². The van der Waals surface area contributed by atoms with Gasteiger partial charge in [0.1, 0.15) is 11.5 Å². The Bertz CT molecular complexity index is 574. The topological polar surface area (TPSA) is 89.0 Å². The molecule has 0 aliphatic carbocycles. The Hall–Kier alpha value is -2.54. The van der Waals surface area contributed by atoms with E-state index in [9.17, 15) is 4.79 Å². The highest BCUT2D eigenvalue weighted by Crippen LogP contribution is 2.04. The van der Waals surface area contributed by atoms with Crippen LogP contribution < -0.4 is 10.6 Å². The molecule has 2 aromatic heterocycles.